The predicted octanol–water partition coefficient (Wildman–Crippen LogP) is 3.89. The van der Waals surface area contributed by atoms with E-state index in [4.69, 9.17) is 4.74 Å². The molecule has 0 bridgehead atoms. The number of anilines is 1. The number of fused-ring (bicyclic) bond motifs is 1. The Hall–Kier alpha value is -2.33. The van der Waals surface area contributed by atoms with Gasteiger partial charge in [0.2, 0.25) is 0 Å². The molecule has 24 heavy (non-hydrogen) atoms. The number of methoxy groups -OCH3 is 1. The third-order valence-corrected chi connectivity index (χ3v) is 4.50. The Morgan fingerprint density at radius 1 is 1.21 bits per heavy atom. The van der Waals surface area contributed by atoms with Crippen molar-refractivity contribution in [2.24, 2.45) is 0 Å². The first kappa shape index (κ1) is 16.5. The van der Waals surface area contributed by atoms with Gasteiger partial charge >= 0.3 is 0 Å². The van der Waals surface area contributed by atoms with Crippen molar-refractivity contribution in [3.05, 3.63) is 70.5 Å². The predicted molar refractivity (Wildman–Crippen MR) is 94.3 cm³/mol. The summed E-state index contributed by atoms with van der Waals surface area (Å²) in [5.74, 6) is 0.563. The standard InChI is InChI=1S/C20H22FNO2/c1-14-7-8-15(11-18(14)21)12-22-10-9-16(13-23)20(24-2)17-5-3-4-6-19(17)22/h3-8,11,23H,9-10,12-13H2,1-2H3. The second-order valence-electron chi connectivity index (χ2n) is 6.07. The molecule has 0 aliphatic carbocycles. The molecule has 0 saturated carbocycles. The molecule has 1 heterocycles. The number of ether oxygens (including phenoxy) is 1. The molecule has 0 fully saturated rings. The highest BCUT2D eigenvalue weighted by atomic mass is 19.1. The maximum atomic E-state index is 13.9. The fourth-order valence-corrected chi connectivity index (χ4v) is 3.16. The van der Waals surface area contributed by atoms with Crippen LogP contribution >= 0.6 is 0 Å². The number of aliphatic hydroxyl groups is 1. The third-order valence-electron chi connectivity index (χ3n) is 4.50. The van der Waals surface area contributed by atoms with Gasteiger partial charge in [-0.3, -0.25) is 0 Å². The van der Waals surface area contributed by atoms with Gasteiger partial charge in [0.1, 0.15) is 11.6 Å². The molecule has 2 aromatic rings. The topological polar surface area (TPSA) is 32.7 Å². The first-order chi connectivity index (χ1) is 11.6. The van der Waals surface area contributed by atoms with E-state index in [1.807, 2.05) is 36.4 Å². The molecule has 0 atom stereocenters. The molecule has 0 radical (unpaired) electrons. The highest BCUT2D eigenvalue weighted by Gasteiger charge is 2.22. The van der Waals surface area contributed by atoms with Gasteiger partial charge in [-0.2, -0.15) is 0 Å². The number of hydrogen-bond acceptors (Lipinski definition) is 3. The van der Waals surface area contributed by atoms with Crippen LogP contribution in [-0.4, -0.2) is 25.4 Å². The molecule has 2 aromatic carbocycles. The maximum absolute atomic E-state index is 13.9. The summed E-state index contributed by atoms with van der Waals surface area (Å²) >= 11 is 0. The van der Waals surface area contributed by atoms with Crippen LogP contribution in [0.25, 0.3) is 5.76 Å². The van der Waals surface area contributed by atoms with E-state index in [9.17, 15) is 9.50 Å². The molecule has 1 aliphatic heterocycles. The first-order valence-corrected chi connectivity index (χ1v) is 8.10. The minimum Gasteiger partial charge on any atom is -0.496 e. The highest BCUT2D eigenvalue weighted by molar-refractivity contribution is 5.76. The number of benzene rings is 2. The van der Waals surface area contributed by atoms with Crippen LogP contribution in [0.2, 0.25) is 0 Å². The Kier molecular flexibility index (Phi) is 4.86. The highest BCUT2D eigenvalue weighted by Crippen LogP contribution is 2.35. The van der Waals surface area contributed by atoms with Gasteiger partial charge in [0, 0.05) is 24.3 Å². The normalized spacial score (nSPS) is 14.4. The van der Waals surface area contributed by atoms with Crippen LogP contribution in [0.5, 0.6) is 0 Å². The zero-order valence-corrected chi connectivity index (χ0v) is 14.1. The van der Waals surface area contributed by atoms with E-state index in [0.29, 0.717) is 18.5 Å². The summed E-state index contributed by atoms with van der Waals surface area (Å²) in [4.78, 5) is 2.21. The van der Waals surface area contributed by atoms with Gasteiger partial charge < -0.3 is 14.7 Å². The van der Waals surface area contributed by atoms with Crippen molar-refractivity contribution in [2.45, 2.75) is 19.9 Å². The summed E-state index contributed by atoms with van der Waals surface area (Å²) in [5, 5.41) is 9.68. The smallest absolute Gasteiger partial charge is 0.129 e. The zero-order valence-electron chi connectivity index (χ0n) is 14.1. The molecule has 1 N–H and O–H groups in total. The van der Waals surface area contributed by atoms with Crippen LogP contribution < -0.4 is 4.90 Å². The Labute approximate surface area is 142 Å². The third kappa shape index (κ3) is 3.15. The largest absolute Gasteiger partial charge is 0.496 e. The van der Waals surface area contributed by atoms with Crippen LogP contribution in [0.15, 0.2) is 48.0 Å². The SMILES string of the molecule is COC1=C(CO)CCN(Cc2ccc(C)c(F)c2)c2ccccc21. The number of para-hydroxylation sites is 1. The maximum Gasteiger partial charge on any atom is 0.129 e. The molecule has 0 saturated heterocycles. The van der Waals surface area contributed by atoms with Crippen molar-refractivity contribution in [3.8, 4) is 0 Å². The van der Waals surface area contributed by atoms with Gasteiger partial charge in [-0.05, 0) is 48.2 Å². The van der Waals surface area contributed by atoms with E-state index >= 15 is 0 Å². The summed E-state index contributed by atoms with van der Waals surface area (Å²) in [6, 6.07) is 13.4. The van der Waals surface area contributed by atoms with Crippen LogP contribution in [0.3, 0.4) is 0 Å². The summed E-state index contributed by atoms with van der Waals surface area (Å²) < 4.78 is 19.4. The van der Waals surface area contributed by atoms with E-state index in [-0.39, 0.29) is 12.4 Å². The minimum absolute atomic E-state index is 0.0233. The number of rotatable bonds is 4. The Balaban J connectivity index is 1.97. The van der Waals surface area contributed by atoms with Crippen molar-refractivity contribution in [3.63, 3.8) is 0 Å². The lowest BCUT2D eigenvalue weighted by atomic mass is 10.1. The van der Waals surface area contributed by atoms with Crippen LogP contribution in [0, 0.1) is 12.7 Å². The van der Waals surface area contributed by atoms with Crippen molar-refractivity contribution < 1.29 is 14.2 Å². The van der Waals surface area contributed by atoms with Gasteiger partial charge in [-0.1, -0.05) is 24.3 Å². The van der Waals surface area contributed by atoms with Crippen molar-refractivity contribution >= 4 is 11.4 Å². The lowest BCUT2D eigenvalue weighted by Gasteiger charge is -2.25. The molecule has 4 heteroatoms. The molecule has 126 valence electrons. The monoisotopic (exact) mass is 327 g/mol. The Morgan fingerprint density at radius 2 is 2.00 bits per heavy atom. The summed E-state index contributed by atoms with van der Waals surface area (Å²) in [6.07, 6.45) is 0.711. The number of halogens is 1. The molecule has 0 amide bonds. The van der Waals surface area contributed by atoms with Crippen molar-refractivity contribution in [1.82, 2.24) is 0 Å². The summed E-state index contributed by atoms with van der Waals surface area (Å²) in [7, 11) is 1.63. The van der Waals surface area contributed by atoms with E-state index in [1.165, 1.54) is 0 Å². The lowest BCUT2D eigenvalue weighted by molar-refractivity contribution is 0.312. The first-order valence-electron chi connectivity index (χ1n) is 8.10. The molecule has 1 aliphatic rings. The molecule has 3 nitrogen and oxygen atoms in total. The molecule has 0 unspecified atom stereocenters. The quantitative estimate of drug-likeness (QED) is 0.924. The van der Waals surface area contributed by atoms with Crippen molar-refractivity contribution in [2.75, 3.05) is 25.2 Å². The second-order valence-corrected chi connectivity index (χ2v) is 6.07. The van der Waals surface area contributed by atoms with E-state index in [2.05, 4.69) is 4.90 Å². The number of hydrogen-bond donors (Lipinski definition) is 1. The summed E-state index contributed by atoms with van der Waals surface area (Å²) in [6.45, 7) is 3.10. The molecule has 0 aromatic heterocycles. The van der Waals surface area contributed by atoms with E-state index in [1.54, 1.807) is 20.1 Å². The zero-order chi connectivity index (χ0) is 17.1. The number of aliphatic hydroxyl groups excluding tert-OH is 1. The van der Waals surface area contributed by atoms with Gasteiger partial charge in [-0.15, -0.1) is 0 Å². The lowest BCUT2D eigenvalue weighted by Crippen LogP contribution is -2.24. The Bertz CT molecular complexity index is 770. The van der Waals surface area contributed by atoms with Crippen LogP contribution in [-0.2, 0) is 11.3 Å². The number of aryl methyl sites for hydroxylation is 1. The molecular weight excluding hydrogens is 305 g/mol. The number of nitrogens with zero attached hydrogens (tertiary/aromatic N) is 1. The van der Waals surface area contributed by atoms with Gasteiger partial charge in [-0.25, -0.2) is 4.39 Å². The molecule has 0 spiro atoms. The van der Waals surface area contributed by atoms with E-state index < -0.39 is 0 Å². The van der Waals surface area contributed by atoms with Crippen LogP contribution in [0.1, 0.15) is 23.1 Å². The second kappa shape index (κ2) is 7.05. The molecule has 3 rings (SSSR count). The summed E-state index contributed by atoms with van der Waals surface area (Å²) in [5.41, 5.74) is 4.48. The van der Waals surface area contributed by atoms with Gasteiger partial charge in [0.25, 0.3) is 0 Å². The van der Waals surface area contributed by atoms with Crippen molar-refractivity contribution in [1.29, 1.82) is 0 Å². The van der Waals surface area contributed by atoms with E-state index in [0.717, 1.165) is 34.7 Å². The van der Waals surface area contributed by atoms with Crippen LogP contribution in [0.4, 0.5) is 10.1 Å². The average molecular weight is 327 g/mol. The minimum atomic E-state index is -0.178. The fraction of sp³-hybridized carbons (Fsp3) is 0.300. The molecular formula is C20H22FNO2. The fourth-order valence-electron chi connectivity index (χ4n) is 3.16. The van der Waals surface area contributed by atoms with Gasteiger partial charge in [0.15, 0.2) is 0 Å². The average Bonchev–Trinajstić information content (AvgIpc) is 2.75. The van der Waals surface area contributed by atoms with Gasteiger partial charge in [0.05, 0.1) is 13.7 Å². The Morgan fingerprint density at radius 3 is 2.71 bits per heavy atom.